The molecule has 1 aromatic rings. The molecule has 0 radical (unpaired) electrons. The van der Waals surface area contributed by atoms with E-state index in [1.54, 1.807) is 0 Å². The Kier molecular flexibility index (Phi) is 5.32. The lowest BCUT2D eigenvalue weighted by atomic mass is 10.1. The van der Waals surface area contributed by atoms with E-state index in [1.807, 2.05) is 25.1 Å². The Bertz CT molecular complexity index is 363. The second-order valence-corrected chi connectivity index (χ2v) is 4.29. The van der Waals surface area contributed by atoms with Gasteiger partial charge in [0, 0.05) is 10.9 Å². The molecule has 0 aliphatic rings. The molecule has 0 aliphatic carbocycles. The zero-order valence-electron chi connectivity index (χ0n) is 9.20. The minimum absolute atomic E-state index is 0.208. The highest BCUT2D eigenvalue weighted by Gasteiger charge is 2.03. The maximum Gasteiger partial charge on any atom is 0.303 e. The van der Waals surface area contributed by atoms with Crippen molar-refractivity contribution in [3.05, 3.63) is 28.2 Å². The summed E-state index contributed by atoms with van der Waals surface area (Å²) in [5, 5.41) is 8.54. The van der Waals surface area contributed by atoms with Crippen LogP contribution in [0.3, 0.4) is 0 Å². The molecule has 1 N–H and O–H groups in total. The monoisotopic (exact) mass is 286 g/mol. The van der Waals surface area contributed by atoms with E-state index in [-0.39, 0.29) is 6.42 Å². The maximum atomic E-state index is 10.4. The SMILES string of the molecule is CCOc1ccc(CCCC(=O)O)c(Br)c1. The van der Waals surface area contributed by atoms with E-state index in [2.05, 4.69) is 15.9 Å². The highest BCUT2D eigenvalue weighted by molar-refractivity contribution is 9.10. The second kappa shape index (κ2) is 6.53. The van der Waals surface area contributed by atoms with Crippen LogP contribution in [0.5, 0.6) is 5.75 Å². The number of carboxylic acid groups (broad SMARTS) is 1. The highest BCUT2D eigenvalue weighted by Crippen LogP contribution is 2.24. The van der Waals surface area contributed by atoms with Crippen molar-refractivity contribution in [1.29, 1.82) is 0 Å². The summed E-state index contributed by atoms with van der Waals surface area (Å²) in [7, 11) is 0. The average Bonchev–Trinajstić information content (AvgIpc) is 2.21. The zero-order chi connectivity index (χ0) is 12.0. The first-order valence-corrected chi connectivity index (χ1v) is 6.05. The first kappa shape index (κ1) is 13.0. The predicted octanol–water partition coefficient (Wildman–Crippen LogP) is 3.26. The van der Waals surface area contributed by atoms with Crippen molar-refractivity contribution in [3.63, 3.8) is 0 Å². The fourth-order valence-corrected chi connectivity index (χ4v) is 1.97. The summed E-state index contributed by atoms with van der Waals surface area (Å²) in [6, 6.07) is 5.79. The second-order valence-electron chi connectivity index (χ2n) is 3.43. The summed E-state index contributed by atoms with van der Waals surface area (Å²) in [5.41, 5.74) is 1.12. The molecule has 0 unspecified atom stereocenters. The minimum atomic E-state index is -0.748. The van der Waals surface area contributed by atoms with Crippen molar-refractivity contribution >= 4 is 21.9 Å². The Labute approximate surface area is 104 Å². The van der Waals surface area contributed by atoms with Crippen LogP contribution in [0.4, 0.5) is 0 Å². The molecule has 0 fully saturated rings. The molecule has 0 atom stereocenters. The van der Waals surface area contributed by atoms with Crippen LogP contribution in [0.25, 0.3) is 0 Å². The van der Waals surface area contributed by atoms with Crippen LogP contribution in [-0.2, 0) is 11.2 Å². The van der Waals surface area contributed by atoms with Crippen LogP contribution in [0, 0.1) is 0 Å². The Morgan fingerprint density at radius 3 is 2.81 bits per heavy atom. The first-order chi connectivity index (χ1) is 7.63. The third-order valence-corrected chi connectivity index (χ3v) is 2.91. The summed E-state index contributed by atoms with van der Waals surface area (Å²) >= 11 is 3.46. The molecule has 1 rings (SSSR count). The van der Waals surface area contributed by atoms with E-state index in [0.717, 1.165) is 22.2 Å². The number of benzene rings is 1. The van der Waals surface area contributed by atoms with E-state index >= 15 is 0 Å². The molecule has 0 amide bonds. The average molecular weight is 287 g/mol. The van der Waals surface area contributed by atoms with Gasteiger partial charge in [0.25, 0.3) is 0 Å². The molecule has 3 nitrogen and oxygen atoms in total. The van der Waals surface area contributed by atoms with Crippen molar-refractivity contribution < 1.29 is 14.6 Å². The Hall–Kier alpha value is -1.03. The molecule has 0 saturated carbocycles. The lowest BCUT2D eigenvalue weighted by Crippen LogP contribution is -1.97. The topological polar surface area (TPSA) is 46.5 Å². The van der Waals surface area contributed by atoms with Crippen molar-refractivity contribution in [1.82, 2.24) is 0 Å². The van der Waals surface area contributed by atoms with Gasteiger partial charge in [-0.05, 0) is 37.5 Å². The minimum Gasteiger partial charge on any atom is -0.494 e. The number of carbonyl (C=O) groups is 1. The summed E-state index contributed by atoms with van der Waals surface area (Å²) in [6.45, 7) is 2.58. The fourth-order valence-electron chi connectivity index (χ4n) is 1.42. The number of hydrogen-bond donors (Lipinski definition) is 1. The molecule has 16 heavy (non-hydrogen) atoms. The van der Waals surface area contributed by atoms with Crippen LogP contribution >= 0.6 is 15.9 Å². The van der Waals surface area contributed by atoms with Gasteiger partial charge in [-0.15, -0.1) is 0 Å². The molecule has 0 bridgehead atoms. The Balaban J connectivity index is 2.57. The Morgan fingerprint density at radius 2 is 2.25 bits per heavy atom. The van der Waals surface area contributed by atoms with Crippen LogP contribution in [-0.4, -0.2) is 17.7 Å². The molecule has 88 valence electrons. The molecule has 4 heteroatoms. The Morgan fingerprint density at radius 1 is 1.50 bits per heavy atom. The van der Waals surface area contributed by atoms with E-state index in [1.165, 1.54) is 0 Å². The summed E-state index contributed by atoms with van der Waals surface area (Å²) in [6.07, 6.45) is 1.63. The van der Waals surface area contributed by atoms with Gasteiger partial charge in [-0.2, -0.15) is 0 Å². The first-order valence-electron chi connectivity index (χ1n) is 5.26. The van der Waals surface area contributed by atoms with Gasteiger partial charge in [-0.1, -0.05) is 22.0 Å². The molecule has 1 aromatic carbocycles. The van der Waals surface area contributed by atoms with E-state index < -0.39 is 5.97 Å². The third kappa shape index (κ3) is 4.23. The van der Waals surface area contributed by atoms with E-state index in [4.69, 9.17) is 9.84 Å². The quantitative estimate of drug-likeness (QED) is 0.873. The number of aryl methyl sites for hydroxylation is 1. The number of ether oxygens (including phenoxy) is 1. The van der Waals surface area contributed by atoms with Crippen LogP contribution in [0.15, 0.2) is 22.7 Å². The van der Waals surface area contributed by atoms with Crippen molar-refractivity contribution in [2.75, 3.05) is 6.61 Å². The third-order valence-electron chi connectivity index (χ3n) is 2.17. The lowest BCUT2D eigenvalue weighted by Gasteiger charge is -2.07. The summed E-state index contributed by atoms with van der Waals surface area (Å²) in [5.74, 6) is 0.0819. The number of hydrogen-bond acceptors (Lipinski definition) is 2. The van der Waals surface area contributed by atoms with Gasteiger partial charge in [0.2, 0.25) is 0 Å². The maximum absolute atomic E-state index is 10.4. The number of aliphatic carboxylic acids is 1. The van der Waals surface area contributed by atoms with Gasteiger partial charge in [-0.25, -0.2) is 0 Å². The van der Waals surface area contributed by atoms with Gasteiger partial charge in [-0.3, -0.25) is 4.79 Å². The zero-order valence-corrected chi connectivity index (χ0v) is 10.8. The van der Waals surface area contributed by atoms with Gasteiger partial charge >= 0.3 is 5.97 Å². The molecule has 0 spiro atoms. The molecular weight excluding hydrogens is 272 g/mol. The molecular formula is C12H15BrO3. The molecule has 0 heterocycles. The van der Waals surface area contributed by atoms with Crippen molar-refractivity contribution in [2.45, 2.75) is 26.2 Å². The van der Waals surface area contributed by atoms with Gasteiger partial charge in [0.15, 0.2) is 0 Å². The fraction of sp³-hybridized carbons (Fsp3) is 0.417. The van der Waals surface area contributed by atoms with Gasteiger partial charge in [0.1, 0.15) is 5.75 Å². The van der Waals surface area contributed by atoms with E-state index in [9.17, 15) is 4.79 Å². The van der Waals surface area contributed by atoms with E-state index in [0.29, 0.717) is 13.0 Å². The van der Waals surface area contributed by atoms with Gasteiger partial charge in [0.05, 0.1) is 6.61 Å². The van der Waals surface area contributed by atoms with Crippen LogP contribution in [0.2, 0.25) is 0 Å². The molecule has 0 aliphatic heterocycles. The normalized spacial score (nSPS) is 10.1. The molecule has 0 saturated heterocycles. The van der Waals surface area contributed by atoms with Crippen LogP contribution in [0.1, 0.15) is 25.3 Å². The molecule has 0 aromatic heterocycles. The predicted molar refractivity (Wildman–Crippen MR) is 65.9 cm³/mol. The van der Waals surface area contributed by atoms with Crippen LogP contribution < -0.4 is 4.74 Å². The number of carboxylic acids is 1. The largest absolute Gasteiger partial charge is 0.494 e. The van der Waals surface area contributed by atoms with Gasteiger partial charge < -0.3 is 9.84 Å². The van der Waals surface area contributed by atoms with Crippen molar-refractivity contribution in [2.24, 2.45) is 0 Å². The lowest BCUT2D eigenvalue weighted by molar-refractivity contribution is -0.137. The summed E-state index contributed by atoms with van der Waals surface area (Å²) < 4.78 is 6.34. The number of rotatable bonds is 6. The standard InChI is InChI=1S/C12H15BrO3/c1-2-16-10-7-6-9(11(13)8-10)4-3-5-12(14)15/h6-8H,2-5H2,1H3,(H,14,15). The highest BCUT2D eigenvalue weighted by atomic mass is 79.9. The summed E-state index contributed by atoms with van der Waals surface area (Å²) in [4.78, 5) is 10.4. The number of halogens is 1. The van der Waals surface area contributed by atoms with Crippen molar-refractivity contribution in [3.8, 4) is 5.75 Å². The smallest absolute Gasteiger partial charge is 0.303 e.